The Labute approximate surface area is 130 Å². The molecule has 0 aliphatic carbocycles. The van der Waals surface area contributed by atoms with Crippen molar-refractivity contribution in [3.63, 3.8) is 0 Å². The number of hydrogen-bond acceptors (Lipinski definition) is 2. The quantitative estimate of drug-likeness (QED) is 0.817. The average molecular weight is 314 g/mol. The minimum absolute atomic E-state index is 0.312. The van der Waals surface area contributed by atoms with Gasteiger partial charge in [0.25, 0.3) is 0 Å². The molecular formula is C16H21ClFNO2. The Balaban J connectivity index is 2.43. The zero-order chi connectivity index (χ0) is 16.0. The maximum absolute atomic E-state index is 13.7. The zero-order valence-electron chi connectivity index (χ0n) is 12.8. The molecule has 3 nitrogen and oxygen atoms in total. The second kappa shape index (κ2) is 7.46. The molecule has 0 radical (unpaired) electrons. The summed E-state index contributed by atoms with van der Waals surface area (Å²) in [4.78, 5) is 11.4. The molecule has 0 spiro atoms. The molecule has 0 aromatic heterocycles. The largest absolute Gasteiger partial charge is 0.444 e. The Morgan fingerprint density at radius 3 is 2.71 bits per heavy atom. The van der Waals surface area contributed by atoms with Crippen LogP contribution in [0.15, 0.2) is 18.2 Å². The second-order valence-electron chi connectivity index (χ2n) is 5.74. The van der Waals surface area contributed by atoms with Gasteiger partial charge in [0.1, 0.15) is 11.4 Å². The molecule has 0 saturated heterocycles. The second-order valence-corrected chi connectivity index (χ2v) is 6.15. The standard InChI is InChI=1S/C16H21ClFNO2/c1-11-9-14(18)12(10-13(11)17)7-5-6-8-19-15(20)21-16(2,3)4/h5,7,9-10H,6,8H2,1-4H3,(H,19,20). The van der Waals surface area contributed by atoms with Gasteiger partial charge in [0, 0.05) is 17.1 Å². The predicted octanol–water partition coefficient (Wildman–Crippen LogP) is 4.72. The SMILES string of the molecule is Cc1cc(F)c(C=CCCNC(=O)OC(C)(C)C)cc1Cl. The molecule has 0 aliphatic rings. The molecule has 0 heterocycles. The summed E-state index contributed by atoms with van der Waals surface area (Å²) in [6, 6.07) is 2.99. The maximum Gasteiger partial charge on any atom is 0.407 e. The van der Waals surface area contributed by atoms with Crippen molar-refractivity contribution >= 4 is 23.8 Å². The lowest BCUT2D eigenvalue weighted by atomic mass is 10.1. The molecule has 1 amide bonds. The van der Waals surface area contributed by atoms with Crippen LogP contribution in [0.25, 0.3) is 6.08 Å². The van der Waals surface area contributed by atoms with Gasteiger partial charge >= 0.3 is 6.09 Å². The topological polar surface area (TPSA) is 38.3 Å². The number of rotatable bonds is 4. The van der Waals surface area contributed by atoms with E-state index in [-0.39, 0.29) is 5.82 Å². The van der Waals surface area contributed by atoms with Crippen molar-refractivity contribution in [1.29, 1.82) is 0 Å². The van der Waals surface area contributed by atoms with Gasteiger partial charge in [0.2, 0.25) is 0 Å². The van der Waals surface area contributed by atoms with Gasteiger partial charge in [0.15, 0.2) is 0 Å². The molecule has 1 rings (SSSR count). The highest BCUT2D eigenvalue weighted by atomic mass is 35.5. The van der Waals surface area contributed by atoms with Crippen LogP contribution in [0.1, 0.15) is 38.3 Å². The summed E-state index contributed by atoms with van der Waals surface area (Å²) in [6.07, 6.45) is 3.55. The van der Waals surface area contributed by atoms with Crippen LogP contribution >= 0.6 is 11.6 Å². The van der Waals surface area contributed by atoms with E-state index in [2.05, 4.69) is 5.32 Å². The molecule has 0 fully saturated rings. The Morgan fingerprint density at radius 2 is 2.10 bits per heavy atom. The summed E-state index contributed by atoms with van der Waals surface area (Å²) in [5.74, 6) is -0.312. The third-order valence-electron chi connectivity index (χ3n) is 2.55. The number of halogens is 2. The number of amides is 1. The Hall–Kier alpha value is -1.55. The van der Waals surface area contributed by atoms with Gasteiger partial charge in [-0.25, -0.2) is 9.18 Å². The van der Waals surface area contributed by atoms with Crippen LogP contribution in [0.3, 0.4) is 0 Å². The minimum Gasteiger partial charge on any atom is -0.444 e. The lowest BCUT2D eigenvalue weighted by molar-refractivity contribution is 0.0529. The number of nitrogens with one attached hydrogen (secondary N) is 1. The molecule has 0 aliphatic heterocycles. The first-order chi connectivity index (χ1) is 9.69. The van der Waals surface area contributed by atoms with Crippen LogP contribution in [0.2, 0.25) is 5.02 Å². The van der Waals surface area contributed by atoms with Crippen LogP contribution in [-0.4, -0.2) is 18.2 Å². The molecule has 1 N–H and O–H groups in total. The molecule has 1 aromatic rings. The predicted molar refractivity (Wildman–Crippen MR) is 84.0 cm³/mol. The van der Waals surface area contributed by atoms with E-state index in [1.165, 1.54) is 6.07 Å². The first-order valence-corrected chi connectivity index (χ1v) is 7.16. The molecule has 21 heavy (non-hydrogen) atoms. The molecule has 0 saturated carbocycles. The summed E-state index contributed by atoms with van der Waals surface area (Å²) < 4.78 is 18.8. The highest BCUT2D eigenvalue weighted by Gasteiger charge is 2.15. The van der Waals surface area contributed by atoms with Crippen LogP contribution in [0.4, 0.5) is 9.18 Å². The van der Waals surface area contributed by atoms with Crippen LogP contribution in [0.5, 0.6) is 0 Å². The van der Waals surface area contributed by atoms with E-state index in [1.807, 2.05) is 0 Å². The molecule has 0 bridgehead atoms. The number of benzene rings is 1. The Morgan fingerprint density at radius 1 is 1.43 bits per heavy atom. The molecule has 116 valence electrons. The Bertz CT molecular complexity index is 536. The summed E-state index contributed by atoms with van der Waals surface area (Å²) in [6.45, 7) is 7.58. The van der Waals surface area contributed by atoms with Crippen molar-refractivity contribution in [3.8, 4) is 0 Å². The third-order valence-corrected chi connectivity index (χ3v) is 2.96. The fourth-order valence-electron chi connectivity index (χ4n) is 1.57. The lowest BCUT2D eigenvalue weighted by Crippen LogP contribution is -2.32. The van der Waals surface area contributed by atoms with E-state index >= 15 is 0 Å². The fraction of sp³-hybridized carbons (Fsp3) is 0.438. The van der Waals surface area contributed by atoms with Crippen LogP contribution < -0.4 is 5.32 Å². The van der Waals surface area contributed by atoms with Gasteiger partial charge in [-0.2, -0.15) is 0 Å². The molecule has 1 aromatic carbocycles. The van der Waals surface area contributed by atoms with Gasteiger partial charge in [0.05, 0.1) is 0 Å². The summed E-state index contributed by atoms with van der Waals surface area (Å²) >= 11 is 5.95. The molecule has 0 atom stereocenters. The smallest absolute Gasteiger partial charge is 0.407 e. The number of aryl methyl sites for hydroxylation is 1. The van der Waals surface area contributed by atoms with Gasteiger partial charge < -0.3 is 10.1 Å². The number of ether oxygens (including phenoxy) is 1. The Kier molecular flexibility index (Phi) is 6.21. The number of hydrogen-bond donors (Lipinski definition) is 1. The summed E-state index contributed by atoms with van der Waals surface area (Å²) in [5.41, 5.74) is 0.627. The van der Waals surface area contributed by atoms with Crippen molar-refractivity contribution in [1.82, 2.24) is 5.32 Å². The number of carbonyl (C=O) groups excluding carboxylic acids is 1. The molecular weight excluding hydrogens is 293 g/mol. The summed E-state index contributed by atoms with van der Waals surface area (Å²) in [5, 5.41) is 3.16. The monoisotopic (exact) mass is 313 g/mol. The molecule has 0 unspecified atom stereocenters. The highest BCUT2D eigenvalue weighted by Crippen LogP contribution is 2.21. The van der Waals surface area contributed by atoms with E-state index in [0.717, 1.165) is 0 Å². The van der Waals surface area contributed by atoms with E-state index in [0.29, 0.717) is 29.1 Å². The van der Waals surface area contributed by atoms with Crippen molar-refractivity contribution in [2.75, 3.05) is 6.54 Å². The molecule has 5 heteroatoms. The van der Waals surface area contributed by atoms with Crippen molar-refractivity contribution in [2.45, 2.75) is 39.7 Å². The first kappa shape index (κ1) is 17.5. The minimum atomic E-state index is -0.512. The van der Waals surface area contributed by atoms with E-state index in [4.69, 9.17) is 16.3 Å². The van der Waals surface area contributed by atoms with Crippen molar-refractivity contribution < 1.29 is 13.9 Å². The number of carbonyl (C=O) groups is 1. The van der Waals surface area contributed by atoms with Gasteiger partial charge in [-0.1, -0.05) is 23.8 Å². The average Bonchev–Trinajstić information content (AvgIpc) is 2.32. The third kappa shape index (κ3) is 6.63. The van der Waals surface area contributed by atoms with E-state index < -0.39 is 11.7 Å². The van der Waals surface area contributed by atoms with Crippen molar-refractivity contribution in [2.24, 2.45) is 0 Å². The van der Waals surface area contributed by atoms with Gasteiger partial charge in [-0.05, 0) is 51.8 Å². The van der Waals surface area contributed by atoms with Gasteiger partial charge in [-0.15, -0.1) is 0 Å². The fourth-order valence-corrected chi connectivity index (χ4v) is 1.74. The normalized spacial score (nSPS) is 11.7. The maximum atomic E-state index is 13.7. The first-order valence-electron chi connectivity index (χ1n) is 6.78. The van der Waals surface area contributed by atoms with E-state index in [1.54, 1.807) is 45.9 Å². The van der Waals surface area contributed by atoms with Crippen LogP contribution in [0, 0.1) is 12.7 Å². The van der Waals surface area contributed by atoms with Crippen LogP contribution in [-0.2, 0) is 4.74 Å². The van der Waals surface area contributed by atoms with Crippen molar-refractivity contribution in [3.05, 3.63) is 40.2 Å². The zero-order valence-corrected chi connectivity index (χ0v) is 13.6. The van der Waals surface area contributed by atoms with Gasteiger partial charge in [-0.3, -0.25) is 0 Å². The summed E-state index contributed by atoms with van der Waals surface area (Å²) in [7, 11) is 0. The number of alkyl carbamates (subject to hydrolysis) is 1. The van der Waals surface area contributed by atoms with E-state index in [9.17, 15) is 9.18 Å². The lowest BCUT2D eigenvalue weighted by Gasteiger charge is -2.19. The highest BCUT2D eigenvalue weighted by molar-refractivity contribution is 6.31.